The van der Waals surface area contributed by atoms with E-state index in [4.69, 9.17) is 19.0 Å². The molecule has 2 aliphatic rings. The molecule has 0 aliphatic carbocycles. The van der Waals surface area contributed by atoms with E-state index in [0.29, 0.717) is 39.1 Å². The average Bonchev–Trinajstić information content (AvgIpc) is 4.27. The van der Waals surface area contributed by atoms with Crippen LogP contribution in [0.5, 0.6) is 0 Å². The minimum Gasteiger partial charge on any atom is -0.422 e. The van der Waals surface area contributed by atoms with E-state index in [2.05, 4.69) is 79.9 Å². The minimum absolute atomic E-state index is 0.0315. The monoisotopic (exact) mass is 1180 g/mol. The number of alkyl halides is 1. The van der Waals surface area contributed by atoms with Gasteiger partial charge in [-0.05, 0) is 68.7 Å². The molecule has 8 aromatic heterocycles. The molecule has 81 heavy (non-hydrogen) atoms. The van der Waals surface area contributed by atoms with Crippen molar-refractivity contribution in [3.05, 3.63) is 188 Å². The van der Waals surface area contributed by atoms with Crippen LogP contribution in [0.1, 0.15) is 10.4 Å². The molecule has 0 bridgehead atoms. The summed E-state index contributed by atoms with van der Waals surface area (Å²) < 4.78 is 82.8. The number of Topliss-reactive ketones (excluding diaryl/α,β-unsaturated/α-hetero) is 1. The van der Waals surface area contributed by atoms with Gasteiger partial charge >= 0.3 is 16.9 Å². The Morgan fingerprint density at radius 3 is 1.49 bits per heavy atom. The highest BCUT2D eigenvalue weighted by Crippen LogP contribution is 2.27. The number of nitrogens with zero attached hydrogens (tertiary/aromatic N) is 11. The summed E-state index contributed by atoms with van der Waals surface area (Å²) in [4.78, 5) is 77.3. The molecule has 3 N–H and O–H groups in total. The molecule has 0 amide bonds. The van der Waals surface area contributed by atoms with Gasteiger partial charge in [-0.25, -0.2) is 66.2 Å². The number of halogens is 6. The number of rotatable bonds is 5. The average molecular weight is 1180 g/mol. The summed E-state index contributed by atoms with van der Waals surface area (Å²) in [6.45, 7) is 8.63. The van der Waals surface area contributed by atoms with E-state index in [0.717, 1.165) is 87.3 Å². The minimum atomic E-state index is -0.748. The van der Waals surface area contributed by atoms with Crippen LogP contribution in [0.4, 0.5) is 33.6 Å². The number of anilines is 2. The molecule has 0 saturated carbocycles. The van der Waals surface area contributed by atoms with Crippen LogP contribution in [0, 0.1) is 29.1 Å². The van der Waals surface area contributed by atoms with Crippen LogP contribution in [0.3, 0.4) is 0 Å². The number of fused-ring (bicyclic) bond motifs is 5. The number of carbonyl (C=O) groups is 1. The van der Waals surface area contributed by atoms with Crippen molar-refractivity contribution in [3.63, 3.8) is 0 Å². The Kier molecular flexibility index (Phi) is 17.7. The van der Waals surface area contributed by atoms with Gasteiger partial charge in [0.25, 0.3) is 0 Å². The quantitative estimate of drug-likeness (QED) is 0.0738. The zero-order valence-electron chi connectivity index (χ0n) is 43.0. The molecule has 0 spiro atoms. The summed E-state index contributed by atoms with van der Waals surface area (Å²) in [6.07, 6.45) is 9.69. The maximum atomic E-state index is 13.4. The van der Waals surface area contributed by atoms with Crippen molar-refractivity contribution < 1.29 is 40.0 Å². The molecule has 2 saturated heterocycles. The van der Waals surface area contributed by atoms with Crippen LogP contribution < -0.4 is 32.8 Å². The van der Waals surface area contributed by atoms with Gasteiger partial charge in [0.15, 0.2) is 23.2 Å². The molecule has 2 aliphatic heterocycles. The fourth-order valence-corrected chi connectivity index (χ4v) is 8.54. The summed E-state index contributed by atoms with van der Waals surface area (Å²) >= 11 is 2.97. The van der Waals surface area contributed by atoms with Crippen LogP contribution in [0.2, 0.25) is 0 Å². The lowest BCUT2D eigenvalue weighted by Gasteiger charge is -2.34. The third-order valence-corrected chi connectivity index (χ3v) is 13.0. The first-order chi connectivity index (χ1) is 39.0. The van der Waals surface area contributed by atoms with Crippen LogP contribution in [-0.4, -0.2) is 126 Å². The van der Waals surface area contributed by atoms with Crippen molar-refractivity contribution in [1.29, 1.82) is 0 Å². The number of piperazine rings is 2. The predicted molar refractivity (Wildman–Crippen MR) is 296 cm³/mol. The van der Waals surface area contributed by atoms with Gasteiger partial charge in [-0.15, -0.1) is 0 Å². The lowest BCUT2D eigenvalue weighted by atomic mass is 10.1. The van der Waals surface area contributed by atoms with Gasteiger partial charge in [-0.1, -0.05) is 15.9 Å². The molecule has 20 nitrogen and oxygen atoms in total. The smallest absolute Gasteiger partial charge is 0.347 e. The van der Waals surface area contributed by atoms with Crippen molar-refractivity contribution in [2.45, 2.75) is 0 Å². The fraction of sp³-hybridized carbons (Fsp3) is 0.200. The highest BCUT2D eigenvalue weighted by Gasteiger charge is 2.18. The SMILES string of the molecule is CN1CCN(c2ccc3cc(-c4cn5cc(F)cnc5n4)c(=O)oc3c2)CC1.CN1CCNCC1.Nc1ncc(F)cn1.O=C(CBr)c1cc2ccc(F)cc2oc1=O.O=c1oc2cc(F)ccc2cc1-c1cn2cc(F)cnc2n1. The number of nitrogens with two attached hydrogens (primary N) is 1. The Morgan fingerprint density at radius 1 is 0.556 bits per heavy atom. The number of nitrogen functional groups attached to an aromatic ring is 1. The van der Waals surface area contributed by atoms with Crippen molar-refractivity contribution in [1.82, 2.24) is 53.8 Å². The predicted octanol–water partition coefficient (Wildman–Crippen LogP) is 7.40. The Balaban J connectivity index is 0.000000133. The summed E-state index contributed by atoms with van der Waals surface area (Å²) in [7, 11) is 4.27. The number of imidazole rings is 2. The standard InChI is InChI=1S/C20H18FN5O2.C15H7F2N3O2.C11H6BrFO3.C5H12N2.C4H4FN3/c1-24-4-6-25(7-5-24)15-3-2-13-8-16(19(27)28-18(13)9-15)17-12-26-11-14(21)10-22-20(26)23-17;16-9-2-1-8-3-11(14(21)22-13(8)4-9)12-7-20-6-10(17)5-18-15(20)19-12;12-5-9(14)8-3-6-1-2-7(13)4-10(6)16-11(8)15;1-7-4-2-6-3-5-7;5-3-1-7-4(6)8-2-3/h2-3,8-12H,4-7H2,1H3;1-7H;1-4H,5H2;6H,2-5H2,1H3;1-2H,(H2,6,7,8). The first kappa shape index (κ1) is 56.6. The van der Waals surface area contributed by atoms with Crippen molar-refractivity contribution in [2.24, 2.45) is 0 Å². The maximum absolute atomic E-state index is 13.4. The third kappa shape index (κ3) is 14.2. The summed E-state index contributed by atoms with van der Waals surface area (Å²) in [5.41, 5.74) is 6.23. The summed E-state index contributed by atoms with van der Waals surface area (Å²) in [5, 5.41) is 5.21. The molecule has 0 radical (unpaired) electrons. The highest BCUT2D eigenvalue weighted by molar-refractivity contribution is 9.09. The highest BCUT2D eigenvalue weighted by atomic mass is 79.9. The normalized spacial score (nSPS) is 13.7. The fourth-order valence-electron chi connectivity index (χ4n) is 8.23. The maximum Gasteiger partial charge on any atom is 0.347 e. The van der Waals surface area contributed by atoms with E-state index in [1.54, 1.807) is 18.3 Å². The van der Waals surface area contributed by atoms with Crippen molar-refractivity contribution >= 4 is 77.8 Å². The largest absolute Gasteiger partial charge is 0.422 e. The molecule has 0 unspecified atom stereocenters. The second-order valence-corrected chi connectivity index (χ2v) is 18.9. The number of carbonyl (C=O) groups excluding carboxylic acids is 1. The Labute approximate surface area is 463 Å². The lowest BCUT2D eigenvalue weighted by Crippen LogP contribution is -2.44. The number of hydrogen-bond acceptors (Lipinski definition) is 18. The summed E-state index contributed by atoms with van der Waals surface area (Å²) in [6, 6.07) is 18.3. The molecule has 416 valence electrons. The molecule has 0 atom stereocenters. The van der Waals surface area contributed by atoms with Crippen LogP contribution in [0.25, 0.3) is 67.0 Å². The third-order valence-electron chi connectivity index (χ3n) is 12.5. The van der Waals surface area contributed by atoms with Crippen molar-refractivity contribution in [2.75, 3.05) is 82.4 Å². The molecule has 26 heteroatoms. The molecule has 11 aromatic rings. The lowest BCUT2D eigenvalue weighted by molar-refractivity contribution is 0.102. The van der Waals surface area contributed by atoms with Gasteiger partial charge in [-0.2, -0.15) is 0 Å². The second kappa shape index (κ2) is 25.3. The van der Waals surface area contributed by atoms with Crippen LogP contribution in [0.15, 0.2) is 150 Å². The van der Waals surface area contributed by atoms with Crippen LogP contribution in [-0.2, 0) is 0 Å². The molecule has 10 heterocycles. The van der Waals surface area contributed by atoms with E-state index >= 15 is 0 Å². The van der Waals surface area contributed by atoms with Gasteiger partial charge in [0.1, 0.15) is 33.9 Å². The Morgan fingerprint density at radius 2 is 1.01 bits per heavy atom. The van der Waals surface area contributed by atoms with Gasteiger partial charge in [0.2, 0.25) is 17.5 Å². The number of hydrogen-bond donors (Lipinski definition) is 2. The van der Waals surface area contributed by atoms with E-state index in [9.17, 15) is 41.1 Å². The zero-order chi connectivity index (χ0) is 57.3. The van der Waals surface area contributed by atoms with Gasteiger partial charge in [-0.3, -0.25) is 13.6 Å². The first-order valence-corrected chi connectivity index (χ1v) is 25.8. The number of ketones is 1. The van der Waals surface area contributed by atoms with E-state index < -0.39 is 46.0 Å². The number of aromatic nitrogens is 8. The molecule has 13 rings (SSSR count). The zero-order valence-corrected chi connectivity index (χ0v) is 44.6. The molecular weight excluding hydrogens is 1130 g/mol. The first-order valence-electron chi connectivity index (χ1n) is 24.7. The number of benzene rings is 3. The Bertz CT molecular complexity index is 4220. The number of likely N-dealkylation sites (N-methyl/N-ethyl adjacent to an activating group) is 2. The molecular formula is C55H47BrF5N13O7. The van der Waals surface area contributed by atoms with E-state index in [1.807, 2.05) is 18.2 Å². The Hall–Kier alpha value is -9.11. The molecule has 2 fully saturated rings. The van der Waals surface area contributed by atoms with Gasteiger partial charge in [0, 0.05) is 117 Å². The van der Waals surface area contributed by atoms with E-state index in [1.165, 1.54) is 70.8 Å². The van der Waals surface area contributed by atoms with Gasteiger partial charge in [0.05, 0.1) is 52.6 Å². The van der Waals surface area contributed by atoms with Gasteiger partial charge < -0.3 is 39.0 Å². The summed E-state index contributed by atoms with van der Waals surface area (Å²) in [5.74, 6) is -2.14. The van der Waals surface area contributed by atoms with E-state index in [-0.39, 0.29) is 45.1 Å². The topological polar surface area (TPSA) is 242 Å². The number of nitrogens with one attached hydrogen (secondary N) is 1. The second-order valence-electron chi connectivity index (χ2n) is 18.3. The van der Waals surface area contributed by atoms with Crippen molar-refractivity contribution in [3.8, 4) is 22.5 Å². The van der Waals surface area contributed by atoms with Crippen LogP contribution >= 0.6 is 15.9 Å². The molecule has 3 aromatic carbocycles.